The fraction of sp³-hybridized carbons (Fsp3) is 0.333. The smallest absolute Gasteiger partial charge is 0.246 e. The molecule has 0 bridgehead atoms. The summed E-state index contributed by atoms with van der Waals surface area (Å²) in [4.78, 5) is 121. The highest BCUT2D eigenvalue weighted by Gasteiger charge is 2.42. The third kappa shape index (κ3) is 12.5. The molecule has 6 heterocycles. The molecule has 7 atom stereocenters. The first kappa shape index (κ1) is 55.9. The van der Waals surface area contributed by atoms with Crippen LogP contribution < -0.4 is 44.2 Å². The van der Waals surface area contributed by atoms with Crippen molar-refractivity contribution in [1.82, 2.24) is 51.0 Å². The van der Waals surface area contributed by atoms with Gasteiger partial charge in [-0.1, -0.05) is 72.8 Å². The maximum atomic E-state index is 15.4. The number of rotatable bonds is 23. The van der Waals surface area contributed by atoms with E-state index in [0.717, 1.165) is 54.7 Å². The van der Waals surface area contributed by atoms with Crippen molar-refractivity contribution < 1.29 is 33.6 Å². The fourth-order valence-electron chi connectivity index (χ4n) is 11.7. The average molecular weight is 1110 g/mol. The second-order valence-electron chi connectivity index (χ2n) is 21.3. The van der Waals surface area contributed by atoms with Crippen molar-refractivity contribution in [2.75, 3.05) is 19.6 Å². The molecule has 0 unspecified atom stereocenters. The summed E-state index contributed by atoms with van der Waals surface area (Å²) in [7, 11) is 0. The number of hydrogen-bond donors (Lipinski definition) is 12. The molecule has 7 amide bonds. The second kappa shape index (κ2) is 24.9. The number of nitrogens with one attached hydrogen (secondary N) is 8. The van der Waals surface area contributed by atoms with Crippen molar-refractivity contribution in [2.45, 2.75) is 107 Å². The number of benzene rings is 4. The van der Waals surface area contributed by atoms with E-state index in [1.165, 1.54) is 9.80 Å². The van der Waals surface area contributed by atoms with Gasteiger partial charge in [0, 0.05) is 107 Å². The van der Waals surface area contributed by atoms with Crippen molar-refractivity contribution in [1.29, 1.82) is 0 Å². The van der Waals surface area contributed by atoms with E-state index in [-0.39, 0.29) is 63.5 Å². The first-order chi connectivity index (χ1) is 39.7. The highest BCUT2D eigenvalue weighted by Crippen LogP contribution is 2.27. The quantitative estimate of drug-likeness (QED) is 0.0252. The molecule has 0 radical (unpaired) electrons. The van der Waals surface area contributed by atoms with Crippen molar-refractivity contribution in [3.63, 3.8) is 0 Å². The van der Waals surface area contributed by atoms with Crippen molar-refractivity contribution in [3.05, 3.63) is 144 Å². The number of aromatic amines is 4. The summed E-state index contributed by atoms with van der Waals surface area (Å²) in [6.07, 6.45) is 9.40. The Morgan fingerprint density at radius 1 is 0.500 bits per heavy atom. The molecule has 0 saturated carbocycles. The number of para-hydroxylation sites is 4. The van der Waals surface area contributed by atoms with Crippen molar-refractivity contribution in [2.24, 2.45) is 27.9 Å². The van der Waals surface area contributed by atoms with Crippen LogP contribution in [-0.2, 0) is 59.2 Å². The average Bonchev–Trinajstić information content (AvgIpc) is 4.45. The summed E-state index contributed by atoms with van der Waals surface area (Å²) in [5.74, 6) is -4.35. The number of amides is 7. The minimum absolute atomic E-state index is 0.00428. The maximum Gasteiger partial charge on any atom is 0.246 e. The SMILES string of the molecule is NC(=O)[C@H](CCCN=C(N)N)NC(=O)[C@H](Cc1c[nH]c2ccccc12)NC(=O)[C@@H]1CCCN1C(=O)[C@H](Cc1c[nH]c2ccccc12)NC(=O)[C@H](Cc1c[nH]c2ccccc12)NC(=O)[C@@H]1CCCN1C(=O)[C@@H](N)Cc1c[nH]c2ccccc12. The van der Waals surface area contributed by atoms with Gasteiger partial charge in [-0.3, -0.25) is 38.6 Å². The van der Waals surface area contributed by atoms with Crippen LogP contribution in [0.5, 0.6) is 0 Å². The number of likely N-dealkylation sites (tertiary alicyclic amines) is 2. The minimum atomic E-state index is -1.27. The van der Waals surface area contributed by atoms with E-state index >= 15 is 9.59 Å². The number of fused-ring (bicyclic) bond motifs is 4. The van der Waals surface area contributed by atoms with E-state index in [1.54, 1.807) is 18.6 Å². The van der Waals surface area contributed by atoms with E-state index in [1.807, 2.05) is 103 Å². The molecule has 8 aromatic rings. The number of carbonyl (C=O) groups excluding carboxylic acids is 7. The number of H-pyrrole nitrogens is 4. The van der Waals surface area contributed by atoms with Crippen LogP contribution in [-0.4, -0.2) is 139 Å². The first-order valence-corrected chi connectivity index (χ1v) is 27.8. The van der Waals surface area contributed by atoms with Gasteiger partial charge in [0.05, 0.1) is 6.04 Å². The predicted molar refractivity (Wildman–Crippen MR) is 312 cm³/mol. The predicted octanol–water partition coefficient (Wildman–Crippen LogP) is 2.67. The molecule has 82 heavy (non-hydrogen) atoms. The Labute approximate surface area is 471 Å². The van der Waals surface area contributed by atoms with Gasteiger partial charge >= 0.3 is 0 Å². The highest BCUT2D eigenvalue weighted by atomic mass is 16.2. The van der Waals surface area contributed by atoms with Gasteiger partial charge in [-0.2, -0.15) is 0 Å². The zero-order valence-electron chi connectivity index (χ0n) is 45.3. The van der Waals surface area contributed by atoms with Gasteiger partial charge < -0.3 is 73.9 Å². The number of nitrogens with zero attached hydrogens (tertiary/aromatic N) is 3. The number of guanidine groups is 1. The third-order valence-electron chi connectivity index (χ3n) is 15.9. The molecule has 2 aliphatic rings. The van der Waals surface area contributed by atoms with Gasteiger partial charge in [0.25, 0.3) is 0 Å². The number of aliphatic imine (C=N–C) groups is 1. The van der Waals surface area contributed by atoms with E-state index in [4.69, 9.17) is 22.9 Å². The molecule has 2 fully saturated rings. The molecular formula is C60H69N15O7. The maximum absolute atomic E-state index is 15.4. The van der Waals surface area contributed by atoms with E-state index in [0.29, 0.717) is 43.4 Å². The van der Waals surface area contributed by atoms with Crippen molar-refractivity contribution in [3.8, 4) is 0 Å². The molecule has 4 aromatic heterocycles. The Kier molecular flexibility index (Phi) is 17.0. The summed E-state index contributed by atoms with van der Waals surface area (Å²) >= 11 is 0. The topological polar surface area (TPSA) is 354 Å². The zero-order valence-corrected chi connectivity index (χ0v) is 45.3. The van der Waals surface area contributed by atoms with Crippen LogP contribution in [0.3, 0.4) is 0 Å². The second-order valence-corrected chi connectivity index (χ2v) is 21.3. The lowest BCUT2D eigenvalue weighted by Crippen LogP contribution is -2.60. The normalized spacial score (nSPS) is 17.1. The van der Waals surface area contributed by atoms with Crippen LogP contribution in [0.15, 0.2) is 127 Å². The summed E-state index contributed by atoms with van der Waals surface area (Å²) in [6.45, 7) is 0.641. The Bertz CT molecular complexity index is 3690. The van der Waals surface area contributed by atoms with Crippen LogP contribution in [0.4, 0.5) is 0 Å². The Balaban J connectivity index is 0.909. The molecule has 16 N–H and O–H groups in total. The van der Waals surface area contributed by atoms with Crippen LogP contribution in [0.25, 0.3) is 43.6 Å². The largest absolute Gasteiger partial charge is 0.370 e. The number of primary amides is 1. The highest BCUT2D eigenvalue weighted by molar-refractivity contribution is 5.99. The van der Waals surface area contributed by atoms with Crippen LogP contribution in [0, 0.1) is 0 Å². The summed E-state index contributed by atoms with van der Waals surface area (Å²) in [6, 6.07) is 22.6. The zero-order chi connectivity index (χ0) is 57.4. The first-order valence-electron chi connectivity index (χ1n) is 27.8. The monoisotopic (exact) mass is 1110 g/mol. The Morgan fingerprint density at radius 3 is 1.29 bits per heavy atom. The number of nitrogens with two attached hydrogens (primary N) is 4. The summed E-state index contributed by atoms with van der Waals surface area (Å²) < 4.78 is 0. The minimum Gasteiger partial charge on any atom is -0.370 e. The Hall–Kier alpha value is -9.44. The van der Waals surface area contributed by atoms with Gasteiger partial charge in [-0.25, -0.2) is 0 Å². The van der Waals surface area contributed by atoms with Gasteiger partial charge in [-0.15, -0.1) is 0 Å². The number of hydrogen-bond acceptors (Lipinski definition) is 9. The third-order valence-corrected chi connectivity index (χ3v) is 15.9. The van der Waals surface area contributed by atoms with Gasteiger partial charge in [0.2, 0.25) is 41.4 Å². The molecule has 0 aliphatic carbocycles. The van der Waals surface area contributed by atoms with Crippen LogP contribution >= 0.6 is 0 Å². The molecule has 10 rings (SSSR count). The van der Waals surface area contributed by atoms with Crippen LogP contribution in [0.2, 0.25) is 0 Å². The molecule has 2 saturated heterocycles. The molecule has 22 nitrogen and oxygen atoms in total. The van der Waals surface area contributed by atoms with E-state index in [2.05, 4.69) is 46.2 Å². The van der Waals surface area contributed by atoms with Crippen LogP contribution in [0.1, 0.15) is 60.8 Å². The van der Waals surface area contributed by atoms with Crippen molar-refractivity contribution >= 4 is 90.9 Å². The number of aromatic nitrogens is 4. The molecule has 426 valence electrons. The number of carbonyl (C=O) groups is 7. The van der Waals surface area contributed by atoms with Gasteiger partial charge in [0.1, 0.15) is 36.3 Å². The molecule has 4 aromatic carbocycles. The lowest BCUT2D eigenvalue weighted by molar-refractivity contribution is -0.143. The Morgan fingerprint density at radius 2 is 0.878 bits per heavy atom. The molecular weight excluding hydrogens is 1040 g/mol. The summed E-state index contributed by atoms with van der Waals surface area (Å²) in [5.41, 5.74) is 29.7. The summed E-state index contributed by atoms with van der Waals surface area (Å²) in [5, 5.41) is 15.1. The van der Waals surface area contributed by atoms with E-state index < -0.39 is 77.7 Å². The molecule has 0 spiro atoms. The van der Waals surface area contributed by atoms with E-state index in [9.17, 15) is 24.0 Å². The fourth-order valence-corrected chi connectivity index (χ4v) is 11.7. The lowest BCUT2D eigenvalue weighted by Gasteiger charge is -2.31. The van der Waals surface area contributed by atoms with Gasteiger partial charge in [0.15, 0.2) is 5.96 Å². The lowest BCUT2D eigenvalue weighted by atomic mass is 10.00. The van der Waals surface area contributed by atoms with Gasteiger partial charge in [-0.05, 0) is 91.5 Å². The molecule has 22 heteroatoms. The standard InChI is InChI=1S/C60H69N15O7/c61-42(26-34-30-66-43-16-5-1-12-38(34)43)58(81)74-24-10-21-51(74)56(79)72-49(28-36-32-68-45-18-7-3-14-40(36)45)55(78)73-50(29-37-33-69-46-19-8-4-15-41(37)46)59(82)75-25-11-22-52(75)57(80)71-48(27-35-31-67-44-17-6-2-13-39(35)44)54(77)70-47(53(62)76)20-9-23-65-60(63)64/h1-8,12-19,30-33,42,47-52,66-69H,9-11,20-29,61H2,(H2,62,76)(H,70,77)(H,71,80)(H,72,79)(H,73,78)(H4,63,64,65)/t42-,47-,48-,49-,50-,51-,52-/m0/s1. The molecule has 2 aliphatic heterocycles.